The standard InChI is InChI=1S/C14H24O4/c15-3-7-1-9-8-2-10(14(9)11(7)4-16)13(6-18)12(8)5-17/h7-18H,1-6H2. The van der Waals surface area contributed by atoms with Crippen LogP contribution in [0.2, 0.25) is 0 Å². The van der Waals surface area contributed by atoms with Crippen molar-refractivity contribution in [3.05, 3.63) is 0 Å². The van der Waals surface area contributed by atoms with Crippen LogP contribution in [0.3, 0.4) is 0 Å². The van der Waals surface area contributed by atoms with Crippen LogP contribution in [0.25, 0.3) is 0 Å². The van der Waals surface area contributed by atoms with Crippen molar-refractivity contribution in [3.8, 4) is 0 Å². The molecule has 3 rings (SSSR count). The zero-order valence-electron chi connectivity index (χ0n) is 10.7. The van der Waals surface area contributed by atoms with Gasteiger partial charge in [-0.15, -0.1) is 0 Å². The molecule has 8 unspecified atom stereocenters. The lowest BCUT2D eigenvalue weighted by Crippen LogP contribution is -2.39. The largest absolute Gasteiger partial charge is 0.396 e. The first-order valence-electron chi connectivity index (χ1n) is 7.20. The fourth-order valence-corrected chi connectivity index (χ4v) is 5.66. The Morgan fingerprint density at radius 3 is 1.78 bits per heavy atom. The maximum Gasteiger partial charge on any atom is 0.0465 e. The molecule has 0 aromatic carbocycles. The second kappa shape index (κ2) is 4.75. The number of aliphatic hydroxyl groups excluding tert-OH is 4. The Labute approximate surface area is 108 Å². The van der Waals surface area contributed by atoms with Crippen molar-refractivity contribution >= 4 is 0 Å². The van der Waals surface area contributed by atoms with Crippen LogP contribution in [-0.2, 0) is 0 Å². The highest BCUT2D eigenvalue weighted by atomic mass is 16.3. The first-order chi connectivity index (χ1) is 8.76. The Balaban J connectivity index is 1.86. The molecule has 18 heavy (non-hydrogen) atoms. The molecule has 4 heteroatoms. The number of rotatable bonds is 4. The zero-order chi connectivity index (χ0) is 12.9. The van der Waals surface area contributed by atoms with Crippen LogP contribution in [0.5, 0.6) is 0 Å². The Morgan fingerprint density at radius 2 is 1.22 bits per heavy atom. The average Bonchev–Trinajstić information content (AvgIpc) is 3.04. The van der Waals surface area contributed by atoms with Crippen molar-refractivity contribution in [3.63, 3.8) is 0 Å². The normalized spacial score (nSPS) is 54.0. The predicted octanol–water partition coefficient (Wildman–Crippen LogP) is -0.294. The van der Waals surface area contributed by atoms with E-state index >= 15 is 0 Å². The fraction of sp³-hybridized carbons (Fsp3) is 1.00. The lowest BCUT2D eigenvalue weighted by Gasteiger charge is -2.38. The molecule has 3 aliphatic carbocycles. The Bertz CT molecular complexity index is 308. The van der Waals surface area contributed by atoms with Crippen LogP contribution in [0.1, 0.15) is 12.8 Å². The summed E-state index contributed by atoms with van der Waals surface area (Å²) in [5.74, 6) is 2.78. The van der Waals surface area contributed by atoms with Gasteiger partial charge in [-0.05, 0) is 60.2 Å². The maximum absolute atomic E-state index is 9.60. The Hall–Kier alpha value is -0.160. The molecule has 0 heterocycles. The minimum Gasteiger partial charge on any atom is -0.396 e. The van der Waals surface area contributed by atoms with Crippen molar-refractivity contribution in [2.45, 2.75) is 12.8 Å². The van der Waals surface area contributed by atoms with Gasteiger partial charge in [0, 0.05) is 26.4 Å². The van der Waals surface area contributed by atoms with Gasteiger partial charge in [-0.2, -0.15) is 0 Å². The second-order valence-corrected chi connectivity index (χ2v) is 6.52. The van der Waals surface area contributed by atoms with E-state index in [2.05, 4.69) is 0 Å². The van der Waals surface area contributed by atoms with E-state index in [1.807, 2.05) is 0 Å². The molecule has 0 aromatic rings. The quantitative estimate of drug-likeness (QED) is 0.557. The van der Waals surface area contributed by atoms with Crippen molar-refractivity contribution in [2.75, 3.05) is 26.4 Å². The lowest BCUT2D eigenvalue weighted by molar-refractivity contribution is 0.0111. The van der Waals surface area contributed by atoms with E-state index in [0.717, 1.165) is 12.8 Å². The number of fused-ring (bicyclic) bond motifs is 5. The summed E-state index contributed by atoms with van der Waals surface area (Å²) in [7, 11) is 0. The van der Waals surface area contributed by atoms with E-state index in [0.29, 0.717) is 23.7 Å². The maximum atomic E-state index is 9.60. The minimum absolute atomic E-state index is 0.150. The van der Waals surface area contributed by atoms with Gasteiger partial charge in [-0.3, -0.25) is 0 Å². The lowest BCUT2D eigenvalue weighted by atomic mass is 9.68. The van der Waals surface area contributed by atoms with Gasteiger partial charge in [0.2, 0.25) is 0 Å². The molecule has 8 atom stereocenters. The van der Waals surface area contributed by atoms with E-state index in [1.165, 1.54) is 0 Å². The smallest absolute Gasteiger partial charge is 0.0465 e. The predicted molar refractivity (Wildman–Crippen MR) is 65.5 cm³/mol. The molecule has 0 aromatic heterocycles. The SMILES string of the molecule is OCC1CC2C3CC(C(CO)C3CO)C2C1CO. The van der Waals surface area contributed by atoms with Gasteiger partial charge in [0.05, 0.1) is 0 Å². The topological polar surface area (TPSA) is 80.9 Å². The summed E-state index contributed by atoms with van der Waals surface area (Å²) in [5, 5.41) is 38.2. The third-order valence-electron chi connectivity index (χ3n) is 6.27. The molecule has 0 spiro atoms. The number of hydrogen-bond donors (Lipinski definition) is 4. The van der Waals surface area contributed by atoms with Gasteiger partial charge < -0.3 is 20.4 Å². The first-order valence-corrected chi connectivity index (χ1v) is 7.20. The van der Waals surface area contributed by atoms with Gasteiger partial charge in [0.1, 0.15) is 0 Å². The molecule has 0 radical (unpaired) electrons. The summed E-state index contributed by atoms with van der Waals surface area (Å²) in [4.78, 5) is 0. The van der Waals surface area contributed by atoms with Crippen LogP contribution < -0.4 is 0 Å². The molecule has 4 N–H and O–H groups in total. The molecule has 3 fully saturated rings. The summed E-state index contributed by atoms with van der Waals surface area (Å²) in [6, 6.07) is 0. The summed E-state index contributed by atoms with van der Waals surface area (Å²) >= 11 is 0. The van der Waals surface area contributed by atoms with E-state index in [4.69, 9.17) is 0 Å². The Kier molecular flexibility index (Phi) is 3.39. The summed E-state index contributed by atoms with van der Waals surface area (Å²) in [5.41, 5.74) is 0. The molecule has 0 amide bonds. The first kappa shape index (κ1) is 12.9. The third-order valence-corrected chi connectivity index (χ3v) is 6.27. The third kappa shape index (κ3) is 1.52. The number of hydrogen-bond acceptors (Lipinski definition) is 4. The van der Waals surface area contributed by atoms with Crippen LogP contribution in [0.15, 0.2) is 0 Å². The van der Waals surface area contributed by atoms with E-state index < -0.39 is 0 Å². The molecule has 4 nitrogen and oxygen atoms in total. The van der Waals surface area contributed by atoms with Gasteiger partial charge >= 0.3 is 0 Å². The second-order valence-electron chi connectivity index (χ2n) is 6.52. The van der Waals surface area contributed by atoms with Gasteiger partial charge in [-0.25, -0.2) is 0 Å². The van der Waals surface area contributed by atoms with Crippen LogP contribution in [-0.4, -0.2) is 46.9 Å². The van der Waals surface area contributed by atoms with Crippen molar-refractivity contribution < 1.29 is 20.4 Å². The van der Waals surface area contributed by atoms with Crippen LogP contribution in [0, 0.1) is 47.3 Å². The van der Waals surface area contributed by atoms with Crippen molar-refractivity contribution in [1.29, 1.82) is 0 Å². The molecular weight excluding hydrogens is 232 g/mol. The molecule has 0 aliphatic heterocycles. The van der Waals surface area contributed by atoms with Crippen molar-refractivity contribution in [1.82, 2.24) is 0 Å². The molecular formula is C14H24O4. The number of aliphatic hydroxyl groups is 4. The van der Waals surface area contributed by atoms with E-state index in [1.54, 1.807) is 0 Å². The van der Waals surface area contributed by atoms with Crippen molar-refractivity contribution in [2.24, 2.45) is 47.3 Å². The highest BCUT2D eigenvalue weighted by Gasteiger charge is 2.62. The van der Waals surface area contributed by atoms with Gasteiger partial charge in [0.15, 0.2) is 0 Å². The summed E-state index contributed by atoms with van der Waals surface area (Å²) < 4.78 is 0. The summed E-state index contributed by atoms with van der Waals surface area (Å²) in [6.45, 7) is 0.629. The van der Waals surface area contributed by atoms with Crippen LogP contribution >= 0.6 is 0 Å². The molecule has 104 valence electrons. The van der Waals surface area contributed by atoms with E-state index in [-0.39, 0.29) is 50.1 Å². The van der Waals surface area contributed by atoms with Gasteiger partial charge in [0.25, 0.3) is 0 Å². The summed E-state index contributed by atoms with van der Waals surface area (Å²) in [6.07, 6.45) is 2.09. The highest BCUT2D eigenvalue weighted by molar-refractivity contribution is 5.10. The van der Waals surface area contributed by atoms with E-state index in [9.17, 15) is 20.4 Å². The minimum atomic E-state index is 0.150. The average molecular weight is 256 g/mol. The molecule has 3 aliphatic rings. The Morgan fingerprint density at radius 1 is 0.611 bits per heavy atom. The molecule has 2 bridgehead atoms. The monoisotopic (exact) mass is 256 g/mol. The zero-order valence-corrected chi connectivity index (χ0v) is 10.7. The highest BCUT2D eigenvalue weighted by Crippen LogP contribution is 2.65. The molecule has 0 saturated heterocycles. The van der Waals surface area contributed by atoms with Gasteiger partial charge in [-0.1, -0.05) is 0 Å². The molecule has 3 saturated carbocycles. The fourth-order valence-electron chi connectivity index (χ4n) is 5.66. The van der Waals surface area contributed by atoms with Crippen LogP contribution in [0.4, 0.5) is 0 Å².